The second-order valence-electron chi connectivity index (χ2n) is 6.79. The molecule has 0 unspecified atom stereocenters. The molecule has 30 heavy (non-hydrogen) atoms. The Hall–Kier alpha value is -4.01. The topological polar surface area (TPSA) is 119 Å². The van der Waals surface area contributed by atoms with Crippen molar-refractivity contribution in [1.29, 1.82) is 0 Å². The molecule has 0 spiro atoms. The van der Waals surface area contributed by atoms with Gasteiger partial charge in [-0.25, -0.2) is 4.98 Å². The Labute approximate surface area is 173 Å². The van der Waals surface area contributed by atoms with Crippen LogP contribution in [0.3, 0.4) is 0 Å². The van der Waals surface area contributed by atoms with Crippen molar-refractivity contribution in [1.82, 2.24) is 15.4 Å². The van der Waals surface area contributed by atoms with Crippen LogP contribution in [0.15, 0.2) is 60.9 Å². The van der Waals surface area contributed by atoms with E-state index in [9.17, 15) is 14.9 Å². The van der Waals surface area contributed by atoms with Crippen LogP contribution in [0, 0.1) is 10.1 Å². The Morgan fingerprint density at radius 1 is 1.10 bits per heavy atom. The summed E-state index contributed by atoms with van der Waals surface area (Å²) in [7, 11) is 0. The van der Waals surface area contributed by atoms with E-state index in [2.05, 4.69) is 34.7 Å². The van der Waals surface area contributed by atoms with Gasteiger partial charge in [-0.2, -0.15) is 4.98 Å². The van der Waals surface area contributed by atoms with Crippen LogP contribution in [0.4, 0.5) is 11.5 Å². The maximum Gasteiger partial charge on any atom is 0.374 e. The highest BCUT2D eigenvalue weighted by molar-refractivity contribution is 5.80. The van der Waals surface area contributed by atoms with Gasteiger partial charge in [-0.15, -0.1) is 0 Å². The van der Waals surface area contributed by atoms with E-state index in [-0.39, 0.29) is 24.0 Å². The molecule has 1 aromatic heterocycles. The minimum atomic E-state index is -0.663. The van der Waals surface area contributed by atoms with Crippen LogP contribution in [0.5, 0.6) is 11.6 Å². The number of amides is 1. The first-order valence-corrected chi connectivity index (χ1v) is 9.30. The summed E-state index contributed by atoms with van der Waals surface area (Å²) < 4.78 is 5.60. The zero-order valence-electron chi connectivity index (χ0n) is 16.5. The van der Waals surface area contributed by atoms with E-state index in [1.165, 1.54) is 0 Å². The molecule has 1 heterocycles. The van der Waals surface area contributed by atoms with Gasteiger partial charge < -0.3 is 4.74 Å². The molecule has 0 bridgehead atoms. The highest BCUT2D eigenvalue weighted by Gasteiger charge is 2.25. The van der Waals surface area contributed by atoms with Crippen molar-refractivity contribution in [2.45, 2.75) is 26.2 Å². The summed E-state index contributed by atoms with van der Waals surface area (Å²) in [5.41, 5.74) is 6.35. The van der Waals surface area contributed by atoms with E-state index in [1.807, 2.05) is 42.5 Å². The lowest BCUT2D eigenvalue weighted by atomic mass is 10.0. The van der Waals surface area contributed by atoms with Gasteiger partial charge in [0.05, 0.1) is 11.3 Å². The fourth-order valence-electron chi connectivity index (χ4n) is 2.68. The minimum absolute atomic E-state index is 0.109. The van der Waals surface area contributed by atoms with Crippen molar-refractivity contribution < 1.29 is 14.5 Å². The first kappa shape index (κ1) is 20.7. The summed E-state index contributed by atoms with van der Waals surface area (Å²) in [5, 5.41) is 11.6. The average molecular weight is 407 g/mol. The zero-order valence-corrected chi connectivity index (χ0v) is 16.5. The molecule has 0 fully saturated rings. The number of ether oxygens (including phenoxy) is 1. The van der Waals surface area contributed by atoms with Crippen molar-refractivity contribution in [2.24, 2.45) is 0 Å². The lowest BCUT2D eigenvalue weighted by molar-refractivity contribution is -0.385. The van der Waals surface area contributed by atoms with Gasteiger partial charge in [0.15, 0.2) is 0 Å². The molecule has 154 valence electrons. The van der Waals surface area contributed by atoms with E-state index >= 15 is 0 Å². The van der Waals surface area contributed by atoms with Crippen LogP contribution >= 0.6 is 0 Å². The van der Waals surface area contributed by atoms with Gasteiger partial charge >= 0.3 is 11.6 Å². The molecule has 2 N–H and O–H groups in total. The van der Waals surface area contributed by atoms with Gasteiger partial charge in [0, 0.05) is 0 Å². The Bertz CT molecular complexity index is 1020. The fourth-order valence-corrected chi connectivity index (χ4v) is 2.68. The molecule has 0 atom stereocenters. The Morgan fingerprint density at radius 3 is 2.43 bits per heavy atom. The van der Waals surface area contributed by atoms with E-state index in [0.29, 0.717) is 11.7 Å². The van der Waals surface area contributed by atoms with Crippen molar-refractivity contribution in [3.8, 4) is 11.6 Å². The van der Waals surface area contributed by atoms with Gasteiger partial charge in [0.2, 0.25) is 11.7 Å². The third-order valence-corrected chi connectivity index (χ3v) is 4.26. The van der Waals surface area contributed by atoms with E-state index in [4.69, 9.17) is 4.74 Å². The van der Waals surface area contributed by atoms with E-state index in [1.54, 1.807) is 12.1 Å². The smallest absolute Gasteiger partial charge is 0.374 e. The molecule has 0 aliphatic heterocycles. The van der Waals surface area contributed by atoms with Crippen LogP contribution in [0.1, 0.15) is 30.9 Å². The maximum absolute atomic E-state index is 12.1. The van der Waals surface area contributed by atoms with Crippen LogP contribution in [0.2, 0.25) is 0 Å². The first-order valence-electron chi connectivity index (χ1n) is 9.30. The zero-order chi connectivity index (χ0) is 21.5. The Kier molecular flexibility index (Phi) is 6.53. The second kappa shape index (κ2) is 9.46. The van der Waals surface area contributed by atoms with Crippen molar-refractivity contribution >= 4 is 17.4 Å². The monoisotopic (exact) mass is 407 g/mol. The maximum atomic E-state index is 12.1. The van der Waals surface area contributed by atoms with Gasteiger partial charge in [0.25, 0.3) is 0 Å². The predicted octanol–water partition coefficient (Wildman–Crippen LogP) is 3.99. The third-order valence-electron chi connectivity index (χ3n) is 4.26. The summed E-state index contributed by atoms with van der Waals surface area (Å²) in [6.45, 7) is 4.13. The number of hydrazine groups is 1. The standard InChI is InChI=1S/C21H21N5O4/c1-14(2)16-8-10-17(11-9-16)30-21-19(26(28)29)20(22-13-23-21)25-24-18(27)12-15-6-4-3-5-7-15/h3-11,13-14H,12H2,1-2H3,(H,24,27)(H,22,23,25). The van der Waals surface area contributed by atoms with E-state index < -0.39 is 10.6 Å². The van der Waals surface area contributed by atoms with Gasteiger partial charge in [-0.3, -0.25) is 25.8 Å². The lowest BCUT2D eigenvalue weighted by Gasteiger charge is -2.11. The summed E-state index contributed by atoms with van der Waals surface area (Å²) >= 11 is 0. The summed E-state index contributed by atoms with van der Waals surface area (Å²) in [4.78, 5) is 30.8. The summed E-state index contributed by atoms with van der Waals surface area (Å²) in [6.07, 6.45) is 1.23. The number of aromatic nitrogens is 2. The van der Waals surface area contributed by atoms with Crippen molar-refractivity contribution in [3.05, 3.63) is 82.2 Å². The predicted molar refractivity (Wildman–Crippen MR) is 111 cm³/mol. The van der Waals surface area contributed by atoms with Crippen molar-refractivity contribution in [3.63, 3.8) is 0 Å². The SMILES string of the molecule is CC(C)c1ccc(Oc2ncnc(NNC(=O)Cc3ccccc3)c2[N+](=O)[O-])cc1. The molecule has 0 saturated carbocycles. The summed E-state index contributed by atoms with van der Waals surface area (Å²) in [5.74, 6) is -0.0267. The number of benzene rings is 2. The molecule has 9 nitrogen and oxygen atoms in total. The van der Waals surface area contributed by atoms with Gasteiger partial charge in [-0.05, 0) is 29.2 Å². The molecule has 3 aromatic rings. The summed E-state index contributed by atoms with van der Waals surface area (Å²) in [6, 6.07) is 16.3. The highest BCUT2D eigenvalue weighted by atomic mass is 16.6. The Balaban J connectivity index is 1.74. The molecule has 3 rings (SSSR count). The number of carbonyl (C=O) groups excluding carboxylic acids is 1. The third kappa shape index (κ3) is 5.28. The number of nitrogens with zero attached hydrogens (tertiary/aromatic N) is 3. The fraction of sp³-hybridized carbons (Fsp3) is 0.190. The van der Waals surface area contributed by atoms with Crippen molar-refractivity contribution in [2.75, 3.05) is 5.43 Å². The molecular formula is C21H21N5O4. The first-order chi connectivity index (χ1) is 14.4. The van der Waals surface area contributed by atoms with Crippen LogP contribution in [-0.4, -0.2) is 20.8 Å². The van der Waals surface area contributed by atoms with E-state index in [0.717, 1.165) is 17.5 Å². The highest BCUT2D eigenvalue weighted by Crippen LogP contribution is 2.34. The second-order valence-corrected chi connectivity index (χ2v) is 6.79. The molecule has 0 aliphatic carbocycles. The molecule has 1 amide bonds. The largest absolute Gasteiger partial charge is 0.434 e. The molecular weight excluding hydrogens is 386 g/mol. The average Bonchev–Trinajstić information content (AvgIpc) is 2.73. The quantitative estimate of drug-likeness (QED) is 0.428. The number of anilines is 1. The van der Waals surface area contributed by atoms with Gasteiger partial charge in [0.1, 0.15) is 12.1 Å². The Morgan fingerprint density at radius 2 is 1.80 bits per heavy atom. The van der Waals surface area contributed by atoms with Crippen LogP contribution < -0.4 is 15.6 Å². The molecule has 2 aromatic carbocycles. The number of carbonyl (C=O) groups is 1. The van der Waals surface area contributed by atoms with Crippen LogP contribution in [0.25, 0.3) is 0 Å². The molecule has 9 heteroatoms. The number of nitrogens with one attached hydrogen (secondary N) is 2. The number of hydrogen-bond acceptors (Lipinski definition) is 7. The normalized spacial score (nSPS) is 10.5. The molecule has 0 aliphatic rings. The number of hydrogen-bond donors (Lipinski definition) is 2. The number of nitro groups is 1. The minimum Gasteiger partial charge on any atom is -0.434 e. The van der Waals surface area contributed by atoms with Gasteiger partial charge in [-0.1, -0.05) is 56.3 Å². The molecule has 0 radical (unpaired) electrons. The lowest BCUT2D eigenvalue weighted by Crippen LogP contribution is -2.31. The molecule has 0 saturated heterocycles. The number of rotatable bonds is 8. The van der Waals surface area contributed by atoms with Crippen LogP contribution in [-0.2, 0) is 11.2 Å².